The van der Waals surface area contributed by atoms with Crippen LogP contribution in [0.25, 0.3) is 0 Å². The van der Waals surface area contributed by atoms with Crippen LogP contribution in [0.3, 0.4) is 0 Å². The molecule has 2 aromatic rings. The zero-order valence-electron chi connectivity index (χ0n) is 11.0. The number of hydrogen-bond donors (Lipinski definition) is 1. The van der Waals surface area contributed by atoms with E-state index in [0.29, 0.717) is 5.56 Å². The summed E-state index contributed by atoms with van der Waals surface area (Å²) in [6.07, 6.45) is 5.22. The molecule has 0 aromatic heterocycles. The van der Waals surface area contributed by atoms with Gasteiger partial charge in [-0.15, -0.1) is 0 Å². The maximum atomic E-state index is 11.3. The summed E-state index contributed by atoms with van der Waals surface area (Å²) in [6, 6.07) is 13.1. The number of aromatic hydroxyl groups is 1. The van der Waals surface area contributed by atoms with E-state index in [1.807, 2.05) is 6.08 Å². The third-order valence-corrected chi connectivity index (χ3v) is 3.52. The average Bonchev–Trinajstić information content (AvgIpc) is 2.98. The summed E-state index contributed by atoms with van der Waals surface area (Å²) in [6.45, 7) is 0. The molecule has 0 amide bonds. The molecular formula is C16H12N2O3. The van der Waals surface area contributed by atoms with Crippen molar-refractivity contribution in [1.82, 2.24) is 0 Å². The number of phenolic OH excluding ortho intramolecular Hbond substituents is 1. The van der Waals surface area contributed by atoms with Gasteiger partial charge >= 0.3 is 0 Å². The van der Waals surface area contributed by atoms with Crippen molar-refractivity contribution < 1.29 is 10.0 Å². The summed E-state index contributed by atoms with van der Waals surface area (Å²) in [5.41, 5.74) is 0.372. The van der Waals surface area contributed by atoms with Gasteiger partial charge in [0.1, 0.15) is 11.3 Å². The van der Waals surface area contributed by atoms with Crippen LogP contribution in [0.1, 0.15) is 11.1 Å². The summed E-state index contributed by atoms with van der Waals surface area (Å²) >= 11 is 0. The van der Waals surface area contributed by atoms with Crippen molar-refractivity contribution in [2.75, 3.05) is 0 Å². The summed E-state index contributed by atoms with van der Waals surface area (Å²) in [5, 5.41) is 20.7. The van der Waals surface area contributed by atoms with Gasteiger partial charge in [0.05, 0.1) is 10.5 Å². The molecule has 2 aromatic carbocycles. The largest absolute Gasteiger partial charge is 0.508 e. The van der Waals surface area contributed by atoms with Crippen molar-refractivity contribution in [3.63, 3.8) is 0 Å². The molecule has 0 radical (unpaired) electrons. The van der Waals surface area contributed by atoms with Gasteiger partial charge < -0.3 is 5.11 Å². The van der Waals surface area contributed by atoms with Gasteiger partial charge in [0.15, 0.2) is 0 Å². The smallest absolute Gasteiger partial charge is 0.275 e. The number of nitro benzene ring substituents is 1. The highest BCUT2D eigenvalue weighted by Crippen LogP contribution is 2.41. The van der Waals surface area contributed by atoms with E-state index in [4.69, 9.17) is 0 Å². The van der Waals surface area contributed by atoms with Gasteiger partial charge in [0.25, 0.3) is 5.69 Å². The van der Waals surface area contributed by atoms with Crippen LogP contribution in [-0.4, -0.2) is 16.2 Å². The van der Waals surface area contributed by atoms with Crippen LogP contribution >= 0.6 is 0 Å². The molecule has 0 aliphatic carbocycles. The van der Waals surface area contributed by atoms with Crippen LogP contribution in [0.5, 0.6) is 5.75 Å². The lowest BCUT2D eigenvalue weighted by Gasteiger charge is -2.25. The van der Waals surface area contributed by atoms with E-state index < -0.39 is 10.5 Å². The van der Waals surface area contributed by atoms with Crippen LogP contribution in [0, 0.1) is 10.1 Å². The first-order chi connectivity index (χ1) is 10.1. The molecule has 1 heterocycles. The Bertz CT molecular complexity index is 736. The Morgan fingerprint density at radius 2 is 1.81 bits per heavy atom. The zero-order valence-corrected chi connectivity index (χ0v) is 11.0. The molecule has 5 heteroatoms. The molecule has 0 saturated heterocycles. The molecule has 21 heavy (non-hydrogen) atoms. The molecule has 0 spiro atoms. The average molecular weight is 280 g/mol. The van der Waals surface area contributed by atoms with Gasteiger partial charge in [0, 0.05) is 12.3 Å². The fraction of sp³-hybridized carbons (Fsp3) is 0.0625. The normalized spacial score (nSPS) is 19.8. The molecule has 5 nitrogen and oxygen atoms in total. The lowest BCUT2D eigenvalue weighted by atomic mass is 9.83. The number of rotatable bonds is 3. The number of allylic oxidation sites excluding steroid dienone is 1. The quantitative estimate of drug-likeness (QED) is 0.693. The Labute approximate surface area is 121 Å². The van der Waals surface area contributed by atoms with Crippen molar-refractivity contribution in [3.05, 3.63) is 81.9 Å². The highest BCUT2D eigenvalue weighted by molar-refractivity contribution is 5.78. The summed E-state index contributed by atoms with van der Waals surface area (Å²) in [5.74, 6) is 0.141. The fourth-order valence-electron chi connectivity index (χ4n) is 2.54. The molecule has 0 bridgehead atoms. The Balaban J connectivity index is 2.24. The van der Waals surface area contributed by atoms with Crippen LogP contribution in [-0.2, 0) is 5.54 Å². The molecule has 1 unspecified atom stereocenters. The molecule has 104 valence electrons. The second-order valence-electron chi connectivity index (χ2n) is 4.72. The van der Waals surface area contributed by atoms with Crippen LogP contribution in [0.4, 0.5) is 5.69 Å². The molecule has 1 aliphatic rings. The van der Waals surface area contributed by atoms with Crippen LogP contribution < -0.4 is 0 Å². The van der Waals surface area contributed by atoms with Crippen molar-refractivity contribution in [3.8, 4) is 5.75 Å². The second kappa shape index (κ2) is 4.86. The molecule has 3 rings (SSSR count). The SMILES string of the molecule is O=[N+]([O-])c1ccccc1C1(c2ccc(O)cc2)C=CC=N1. The van der Waals surface area contributed by atoms with E-state index >= 15 is 0 Å². The van der Waals surface area contributed by atoms with Gasteiger partial charge in [-0.05, 0) is 35.9 Å². The Morgan fingerprint density at radius 1 is 1.10 bits per heavy atom. The molecule has 1 atom stereocenters. The Morgan fingerprint density at radius 3 is 2.43 bits per heavy atom. The topological polar surface area (TPSA) is 75.7 Å². The Hall–Kier alpha value is -2.95. The predicted molar refractivity (Wildman–Crippen MR) is 79.6 cm³/mol. The second-order valence-corrected chi connectivity index (χ2v) is 4.72. The van der Waals surface area contributed by atoms with E-state index in [1.54, 1.807) is 54.8 Å². The number of hydrogen-bond acceptors (Lipinski definition) is 4. The van der Waals surface area contributed by atoms with Crippen LogP contribution in [0.2, 0.25) is 0 Å². The molecule has 1 aliphatic heterocycles. The summed E-state index contributed by atoms with van der Waals surface area (Å²) in [7, 11) is 0. The lowest BCUT2D eigenvalue weighted by molar-refractivity contribution is -0.385. The standard InChI is InChI=1S/C16H12N2O3/c19-13-8-6-12(7-9-13)16(10-3-11-17-16)14-4-1-2-5-15(14)18(20)21/h1-11,19H. The first-order valence-electron chi connectivity index (χ1n) is 6.40. The molecule has 0 fully saturated rings. The van der Waals surface area contributed by atoms with Crippen molar-refractivity contribution in [2.24, 2.45) is 4.99 Å². The van der Waals surface area contributed by atoms with E-state index in [-0.39, 0.29) is 11.4 Å². The first-order valence-corrected chi connectivity index (χ1v) is 6.40. The predicted octanol–water partition coefficient (Wildman–Crippen LogP) is 3.18. The van der Waals surface area contributed by atoms with Crippen LogP contribution in [0.15, 0.2) is 65.7 Å². The zero-order chi connectivity index (χ0) is 14.9. The van der Waals surface area contributed by atoms with E-state index in [0.717, 1.165) is 5.56 Å². The molecule has 0 saturated carbocycles. The number of nitro groups is 1. The number of benzene rings is 2. The van der Waals surface area contributed by atoms with Gasteiger partial charge in [-0.1, -0.05) is 24.3 Å². The van der Waals surface area contributed by atoms with Gasteiger partial charge in [-0.25, -0.2) is 0 Å². The third-order valence-electron chi connectivity index (χ3n) is 3.52. The van der Waals surface area contributed by atoms with Gasteiger partial charge in [-0.3, -0.25) is 15.1 Å². The number of aliphatic imine (C=N–C) groups is 1. The monoisotopic (exact) mass is 280 g/mol. The first kappa shape index (κ1) is 13.1. The fourth-order valence-corrected chi connectivity index (χ4v) is 2.54. The minimum atomic E-state index is -0.919. The van der Waals surface area contributed by atoms with E-state index in [9.17, 15) is 15.2 Å². The number of phenols is 1. The van der Waals surface area contributed by atoms with E-state index in [1.165, 1.54) is 6.07 Å². The third kappa shape index (κ3) is 2.08. The molecular weight excluding hydrogens is 268 g/mol. The highest BCUT2D eigenvalue weighted by atomic mass is 16.6. The van der Waals surface area contributed by atoms with Crippen molar-refractivity contribution in [1.29, 1.82) is 0 Å². The minimum Gasteiger partial charge on any atom is -0.508 e. The highest BCUT2D eigenvalue weighted by Gasteiger charge is 2.37. The van der Waals surface area contributed by atoms with Gasteiger partial charge in [-0.2, -0.15) is 0 Å². The van der Waals surface area contributed by atoms with Crippen molar-refractivity contribution in [2.45, 2.75) is 5.54 Å². The minimum absolute atomic E-state index is 0.0225. The summed E-state index contributed by atoms with van der Waals surface area (Å²) < 4.78 is 0. The van der Waals surface area contributed by atoms with E-state index in [2.05, 4.69) is 4.99 Å². The Kier molecular flexibility index (Phi) is 3.02. The van der Waals surface area contributed by atoms with Crippen molar-refractivity contribution >= 4 is 11.9 Å². The summed E-state index contributed by atoms with van der Waals surface area (Å²) in [4.78, 5) is 15.4. The molecule has 1 N–H and O–H groups in total. The van der Waals surface area contributed by atoms with Gasteiger partial charge in [0.2, 0.25) is 0 Å². The number of nitrogens with zero attached hydrogens (tertiary/aromatic N) is 2. The lowest BCUT2D eigenvalue weighted by Crippen LogP contribution is -2.22. The number of para-hydroxylation sites is 1. The maximum absolute atomic E-state index is 11.3. The maximum Gasteiger partial charge on any atom is 0.275 e.